The Kier molecular flexibility index (Phi) is 4.83. The van der Waals surface area contributed by atoms with Gasteiger partial charge in [-0.2, -0.15) is 0 Å². The Morgan fingerprint density at radius 1 is 1.43 bits per heavy atom. The van der Waals surface area contributed by atoms with Crippen LogP contribution in [0.5, 0.6) is 0 Å². The Morgan fingerprint density at radius 2 is 2.14 bits per heavy atom. The average molecular weight is 238 g/mol. The number of pyridine rings is 1. The highest BCUT2D eigenvalue weighted by molar-refractivity contribution is 5.85. The first kappa shape index (κ1) is 13.2. The molecule has 0 fully saturated rings. The van der Waals surface area contributed by atoms with E-state index in [4.69, 9.17) is 5.73 Å². The van der Waals surface area contributed by atoms with Gasteiger partial charge in [0, 0.05) is 25.0 Å². The van der Waals surface area contributed by atoms with Gasteiger partial charge in [0.15, 0.2) is 0 Å². The molecule has 2 heterocycles. The maximum atomic E-state index is 12.7. The SMILES string of the molecule is Cl.Cl.NCc1cn2ccc(F)cc2n1. The lowest BCUT2D eigenvalue weighted by molar-refractivity contribution is 0.626. The summed E-state index contributed by atoms with van der Waals surface area (Å²) in [5.74, 6) is -0.281. The Bertz CT molecular complexity index is 416. The summed E-state index contributed by atoms with van der Waals surface area (Å²) in [5.41, 5.74) is 6.74. The Hall–Kier alpha value is -0.840. The number of imidazole rings is 1. The van der Waals surface area contributed by atoms with Crippen molar-refractivity contribution in [3.05, 3.63) is 36.0 Å². The quantitative estimate of drug-likeness (QED) is 0.822. The highest BCUT2D eigenvalue weighted by Gasteiger charge is 1.99. The van der Waals surface area contributed by atoms with E-state index in [-0.39, 0.29) is 30.6 Å². The Balaban J connectivity index is 0.000000845. The molecule has 0 aliphatic carbocycles. The Labute approximate surface area is 92.9 Å². The molecule has 0 saturated heterocycles. The van der Waals surface area contributed by atoms with Gasteiger partial charge in [0.05, 0.1) is 5.69 Å². The van der Waals surface area contributed by atoms with Crippen molar-refractivity contribution in [1.29, 1.82) is 0 Å². The molecule has 0 aliphatic rings. The van der Waals surface area contributed by atoms with E-state index >= 15 is 0 Å². The van der Waals surface area contributed by atoms with Gasteiger partial charge in [-0.3, -0.25) is 0 Å². The van der Waals surface area contributed by atoms with Crippen molar-refractivity contribution in [3.8, 4) is 0 Å². The van der Waals surface area contributed by atoms with E-state index in [1.165, 1.54) is 12.1 Å². The standard InChI is InChI=1S/C8H8FN3.2ClH/c9-6-1-2-12-5-7(4-10)11-8(12)3-6;;/h1-3,5H,4,10H2;2*1H. The molecular formula is C8H10Cl2FN3. The fourth-order valence-electron chi connectivity index (χ4n) is 1.11. The molecule has 2 aromatic heterocycles. The van der Waals surface area contributed by atoms with E-state index in [2.05, 4.69) is 4.98 Å². The van der Waals surface area contributed by atoms with Gasteiger partial charge in [0.1, 0.15) is 11.5 Å². The van der Waals surface area contributed by atoms with E-state index in [0.717, 1.165) is 5.69 Å². The van der Waals surface area contributed by atoms with Crippen molar-refractivity contribution in [2.24, 2.45) is 5.73 Å². The summed E-state index contributed by atoms with van der Waals surface area (Å²) >= 11 is 0. The van der Waals surface area contributed by atoms with Crippen molar-refractivity contribution < 1.29 is 4.39 Å². The van der Waals surface area contributed by atoms with Gasteiger partial charge in [-0.1, -0.05) is 0 Å². The first-order chi connectivity index (χ1) is 5.79. The molecule has 0 saturated carbocycles. The molecule has 0 spiro atoms. The van der Waals surface area contributed by atoms with E-state index in [1.54, 1.807) is 16.8 Å². The van der Waals surface area contributed by atoms with Crippen LogP contribution in [0.1, 0.15) is 5.69 Å². The maximum Gasteiger partial charge on any atom is 0.139 e. The number of nitrogens with two attached hydrogens (primary N) is 1. The van der Waals surface area contributed by atoms with Crippen molar-refractivity contribution in [2.45, 2.75) is 6.54 Å². The lowest BCUT2D eigenvalue weighted by atomic mass is 10.4. The zero-order chi connectivity index (χ0) is 8.55. The van der Waals surface area contributed by atoms with Crippen LogP contribution in [0, 0.1) is 5.82 Å². The van der Waals surface area contributed by atoms with Crippen LogP contribution in [-0.4, -0.2) is 9.38 Å². The highest BCUT2D eigenvalue weighted by Crippen LogP contribution is 2.06. The van der Waals surface area contributed by atoms with Gasteiger partial charge in [0.2, 0.25) is 0 Å². The van der Waals surface area contributed by atoms with Crippen LogP contribution in [0.2, 0.25) is 0 Å². The third-order valence-corrected chi connectivity index (χ3v) is 1.68. The predicted molar refractivity (Wildman–Crippen MR) is 57.5 cm³/mol. The summed E-state index contributed by atoms with van der Waals surface area (Å²) in [7, 11) is 0. The molecule has 2 rings (SSSR count). The number of fused-ring (bicyclic) bond motifs is 1. The van der Waals surface area contributed by atoms with Crippen molar-refractivity contribution in [2.75, 3.05) is 0 Å². The fourth-order valence-corrected chi connectivity index (χ4v) is 1.11. The number of hydrogen-bond donors (Lipinski definition) is 1. The van der Waals surface area contributed by atoms with E-state index < -0.39 is 0 Å². The van der Waals surface area contributed by atoms with E-state index in [0.29, 0.717) is 12.2 Å². The van der Waals surface area contributed by atoms with Crippen molar-refractivity contribution in [1.82, 2.24) is 9.38 Å². The molecule has 2 aromatic rings. The molecule has 0 atom stereocenters. The molecule has 0 aliphatic heterocycles. The summed E-state index contributed by atoms with van der Waals surface area (Å²) in [5, 5.41) is 0. The number of aromatic nitrogens is 2. The molecule has 0 amide bonds. The van der Waals surface area contributed by atoms with Crippen LogP contribution < -0.4 is 5.73 Å². The molecule has 2 N–H and O–H groups in total. The van der Waals surface area contributed by atoms with Crippen LogP contribution in [0.3, 0.4) is 0 Å². The van der Waals surface area contributed by atoms with Gasteiger partial charge in [-0.15, -0.1) is 24.8 Å². The number of nitrogens with zero attached hydrogens (tertiary/aromatic N) is 2. The summed E-state index contributed by atoms with van der Waals surface area (Å²) < 4.78 is 14.4. The lowest BCUT2D eigenvalue weighted by Crippen LogP contribution is -1.95. The summed E-state index contributed by atoms with van der Waals surface area (Å²) in [6.45, 7) is 0.378. The third-order valence-electron chi connectivity index (χ3n) is 1.68. The smallest absolute Gasteiger partial charge is 0.139 e. The first-order valence-electron chi connectivity index (χ1n) is 3.63. The summed E-state index contributed by atoms with van der Waals surface area (Å²) in [6, 6.07) is 2.76. The van der Waals surface area contributed by atoms with Gasteiger partial charge < -0.3 is 10.1 Å². The lowest BCUT2D eigenvalue weighted by Gasteiger charge is -1.89. The van der Waals surface area contributed by atoms with Gasteiger partial charge in [-0.25, -0.2) is 9.37 Å². The van der Waals surface area contributed by atoms with Crippen LogP contribution in [0.15, 0.2) is 24.5 Å². The van der Waals surface area contributed by atoms with Crippen molar-refractivity contribution >= 4 is 30.5 Å². The second kappa shape index (κ2) is 5.14. The van der Waals surface area contributed by atoms with Gasteiger partial charge in [0.25, 0.3) is 0 Å². The molecule has 0 aromatic carbocycles. The third kappa shape index (κ3) is 2.35. The molecule has 78 valence electrons. The van der Waals surface area contributed by atoms with Crippen LogP contribution in [0.4, 0.5) is 4.39 Å². The summed E-state index contributed by atoms with van der Waals surface area (Å²) in [6.07, 6.45) is 3.41. The number of hydrogen-bond acceptors (Lipinski definition) is 2. The average Bonchev–Trinajstić information content (AvgIpc) is 2.46. The molecular weight excluding hydrogens is 228 g/mol. The van der Waals surface area contributed by atoms with E-state index in [9.17, 15) is 4.39 Å². The Morgan fingerprint density at radius 3 is 2.79 bits per heavy atom. The predicted octanol–water partition coefficient (Wildman–Crippen LogP) is 1.78. The maximum absolute atomic E-state index is 12.7. The molecule has 3 nitrogen and oxygen atoms in total. The van der Waals surface area contributed by atoms with Gasteiger partial charge >= 0.3 is 0 Å². The van der Waals surface area contributed by atoms with Crippen LogP contribution >= 0.6 is 24.8 Å². The molecule has 6 heteroatoms. The largest absolute Gasteiger partial charge is 0.325 e. The second-order valence-corrected chi connectivity index (χ2v) is 2.55. The molecule has 14 heavy (non-hydrogen) atoms. The molecule has 0 radical (unpaired) electrons. The van der Waals surface area contributed by atoms with Crippen LogP contribution in [-0.2, 0) is 6.54 Å². The zero-order valence-corrected chi connectivity index (χ0v) is 8.82. The van der Waals surface area contributed by atoms with Crippen molar-refractivity contribution in [3.63, 3.8) is 0 Å². The minimum Gasteiger partial charge on any atom is -0.325 e. The normalized spacial score (nSPS) is 9.29. The minimum atomic E-state index is -0.281. The topological polar surface area (TPSA) is 43.3 Å². The number of halogens is 3. The monoisotopic (exact) mass is 237 g/mol. The van der Waals surface area contributed by atoms with E-state index in [1.807, 2.05) is 0 Å². The summed E-state index contributed by atoms with van der Waals surface area (Å²) in [4.78, 5) is 4.09. The second-order valence-electron chi connectivity index (χ2n) is 2.55. The minimum absolute atomic E-state index is 0. The molecule has 0 unspecified atom stereocenters. The molecule has 0 bridgehead atoms. The highest BCUT2D eigenvalue weighted by atomic mass is 35.5. The van der Waals surface area contributed by atoms with Gasteiger partial charge in [-0.05, 0) is 6.07 Å². The fraction of sp³-hybridized carbons (Fsp3) is 0.125. The zero-order valence-electron chi connectivity index (χ0n) is 7.18. The first-order valence-corrected chi connectivity index (χ1v) is 3.63. The van der Waals surface area contributed by atoms with Crippen LogP contribution in [0.25, 0.3) is 5.65 Å². The number of rotatable bonds is 1.